The van der Waals surface area contributed by atoms with Gasteiger partial charge in [0.25, 0.3) is 0 Å². The molecule has 1 amide bonds. The Hall–Kier alpha value is -1.34. The van der Waals surface area contributed by atoms with Crippen molar-refractivity contribution in [3.8, 4) is 0 Å². The first-order valence-electron chi connectivity index (χ1n) is 7.23. The zero-order chi connectivity index (χ0) is 14.7. The minimum atomic E-state index is -0.496. The number of aromatic nitrogens is 2. The van der Waals surface area contributed by atoms with E-state index in [9.17, 15) is 4.79 Å². The highest BCUT2D eigenvalue weighted by Gasteiger charge is 2.38. The Kier molecular flexibility index (Phi) is 7.28. The second kappa shape index (κ2) is 8.49. The Bertz CT molecular complexity index is 608. The number of fused-ring (bicyclic) bond motifs is 1. The van der Waals surface area contributed by atoms with Gasteiger partial charge in [0.05, 0.1) is 23.0 Å². The number of hydrogen-bond donors (Lipinski definition) is 3. The molecule has 128 valence electrons. The highest BCUT2D eigenvalue weighted by atomic mass is 35.5. The maximum atomic E-state index is 12.5. The molecule has 0 atom stereocenters. The first-order valence-corrected chi connectivity index (χ1v) is 7.23. The molecule has 4 N–H and O–H groups in total. The van der Waals surface area contributed by atoms with Crippen LogP contribution in [0.3, 0.4) is 0 Å². The van der Waals surface area contributed by atoms with Gasteiger partial charge in [-0.15, -0.1) is 24.8 Å². The smallest absolute Gasteiger partial charge is 0.228 e. The van der Waals surface area contributed by atoms with Gasteiger partial charge in [-0.2, -0.15) is 0 Å². The van der Waals surface area contributed by atoms with E-state index in [0.29, 0.717) is 39.1 Å². The number of ether oxygens (including phenoxy) is 1. The second-order valence-corrected chi connectivity index (χ2v) is 5.48. The van der Waals surface area contributed by atoms with Crippen molar-refractivity contribution in [2.45, 2.75) is 19.4 Å². The summed E-state index contributed by atoms with van der Waals surface area (Å²) in [6.07, 6.45) is 1.35. The number of carbonyl (C=O) groups is 1. The van der Waals surface area contributed by atoms with E-state index < -0.39 is 5.41 Å². The standard InChI is InChI=1S/C15H20N4O2.2ClH/c16-10-15(5-7-21-8-6-15)14(20)17-9-13-18-11-3-1-2-4-12(11)19-13;;/h1-4H,5-10,16H2,(H,17,20)(H,18,19);2*1H. The van der Waals surface area contributed by atoms with Crippen molar-refractivity contribution < 1.29 is 9.53 Å². The van der Waals surface area contributed by atoms with E-state index in [1.807, 2.05) is 24.3 Å². The van der Waals surface area contributed by atoms with Crippen molar-refractivity contribution in [2.75, 3.05) is 19.8 Å². The molecule has 3 rings (SSSR count). The van der Waals surface area contributed by atoms with E-state index in [1.54, 1.807) is 0 Å². The van der Waals surface area contributed by atoms with Gasteiger partial charge in [0.1, 0.15) is 5.82 Å². The van der Waals surface area contributed by atoms with Gasteiger partial charge in [-0.25, -0.2) is 4.98 Å². The molecule has 1 fully saturated rings. The summed E-state index contributed by atoms with van der Waals surface area (Å²) in [4.78, 5) is 20.1. The zero-order valence-electron chi connectivity index (χ0n) is 12.7. The van der Waals surface area contributed by atoms with Gasteiger partial charge < -0.3 is 20.8 Å². The van der Waals surface area contributed by atoms with Crippen LogP contribution in [-0.2, 0) is 16.1 Å². The summed E-state index contributed by atoms with van der Waals surface area (Å²) in [5.74, 6) is 0.748. The van der Waals surface area contributed by atoms with Crippen LogP contribution in [0.15, 0.2) is 24.3 Å². The van der Waals surface area contributed by atoms with E-state index in [0.717, 1.165) is 16.9 Å². The number of carbonyl (C=O) groups excluding carboxylic acids is 1. The van der Waals surface area contributed by atoms with Gasteiger partial charge in [0, 0.05) is 19.8 Å². The zero-order valence-corrected chi connectivity index (χ0v) is 14.3. The lowest BCUT2D eigenvalue weighted by molar-refractivity contribution is -0.136. The van der Waals surface area contributed by atoms with Crippen molar-refractivity contribution in [1.82, 2.24) is 15.3 Å². The number of nitrogens with two attached hydrogens (primary N) is 1. The van der Waals surface area contributed by atoms with E-state index in [1.165, 1.54) is 0 Å². The molecule has 0 aliphatic carbocycles. The lowest BCUT2D eigenvalue weighted by Crippen LogP contribution is -2.49. The lowest BCUT2D eigenvalue weighted by Gasteiger charge is -2.34. The Labute approximate surface area is 147 Å². The number of benzene rings is 1. The van der Waals surface area contributed by atoms with E-state index in [4.69, 9.17) is 10.5 Å². The van der Waals surface area contributed by atoms with Crippen molar-refractivity contribution in [1.29, 1.82) is 0 Å². The molecule has 0 radical (unpaired) electrons. The molecular formula is C15H22Cl2N4O2. The highest BCUT2D eigenvalue weighted by molar-refractivity contribution is 5.85. The summed E-state index contributed by atoms with van der Waals surface area (Å²) in [5.41, 5.74) is 7.21. The number of nitrogens with one attached hydrogen (secondary N) is 2. The summed E-state index contributed by atoms with van der Waals surface area (Å²) in [6.45, 7) is 1.92. The molecule has 1 aliphatic rings. The number of hydrogen-bond acceptors (Lipinski definition) is 4. The van der Waals surface area contributed by atoms with Gasteiger partial charge in [0.15, 0.2) is 0 Å². The molecule has 2 heterocycles. The number of H-pyrrole nitrogens is 1. The molecule has 8 heteroatoms. The minimum absolute atomic E-state index is 0. The van der Waals surface area contributed by atoms with Gasteiger partial charge in [0.2, 0.25) is 5.91 Å². The van der Waals surface area contributed by atoms with Crippen LogP contribution in [0.1, 0.15) is 18.7 Å². The molecule has 6 nitrogen and oxygen atoms in total. The molecule has 0 unspecified atom stereocenters. The van der Waals surface area contributed by atoms with Gasteiger partial charge >= 0.3 is 0 Å². The Balaban J connectivity index is 0.00000132. The molecule has 0 spiro atoms. The number of aromatic amines is 1. The minimum Gasteiger partial charge on any atom is -0.381 e. The Morgan fingerprint density at radius 2 is 2.00 bits per heavy atom. The summed E-state index contributed by atoms with van der Waals surface area (Å²) in [6, 6.07) is 7.80. The van der Waals surface area contributed by atoms with Crippen LogP contribution < -0.4 is 11.1 Å². The van der Waals surface area contributed by atoms with Gasteiger partial charge in [-0.1, -0.05) is 12.1 Å². The topological polar surface area (TPSA) is 93.0 Å². The lowest BCUT2D eigenvalue weighted by atomic mass is 9.79. The fraction of sp³-hybridized carbons (Fsp3) is 0.467. The maximum Gasteiger partial charge on any atom is 0.228 e. The fourth-order valence-corrected chi connectivity index (χ4v) is 2.73. The number of amides is 1. The van der Waals surface area contributed by atoms with Crippen LogP contribution in [-0.4, -0.2) is 35.6 Å². The first-order chi connectivity index (χ1) is 10.2. The second-order valence-electron chi connectivity index (χ2n) is 5.48. The number of imidazole rings is 1. The highest BCUT2D eigenvalue weighted by Crippen LogP contribution is 2.29. The summed E-state index contributed by atoms with van der Waals surface area (Å²) >= 11 is 0. The third-order valence-electron chi connectivity index (χ3n) is 4.18. The largest absolute Gasteiger partial charge is 0.381 e. The van der Waals surface area contributed by atoms with Crippen LogP contribution in [0.5, 0.6) is 0 Å². The quantitative estimate of drug-likeness (QED) is 0.774. The molecule has 0 bridgehead atoms. The predicted octanol–water partition coefficient (Wildman–Crippen LogP) is 1.78. The molecular weight excluding hydrogens is 339 g/mol. The predicted molar refractivity (Wildman–Crippen MR) is 94.0 cm³/mol. The maximum absolute atomic E-state index is 12.5. The number of rotatable bonds is 4. The van der Waals surface area contributed by atoms with Crippen LogP contribution in [0.4, 0.5) is 0 Å². The SMILES string of the molecule is Cl.Cl.NCC1(C(=O)NCc2nc3ccccc3[nH]2)CCOCC1. The molecule has 1 saturated heterocycles. The van der Waals surface area contributed by atoms with E-state index in [2.05, 4.69) is 15.3 Å². The molecule has 0 saturated carbocycles. The van der Waals surface area contributed by atoms with Crippen molar-refractivity contribution in [2.24, 2.45) is 11.1 Å². The summed E-state index contributed by atoms with van der Waals surface area (Å²) in [7, 11) is 0. The third-order valence-corrected chi connectivity index (χ3v) is 4.18. The summed E-state index contributed by atoms with van der Waals surface area (Å²) < 4.78 is 5.33. The Morgan fingerprint density at radius 1 is 1.30 bits per heavy atom. The van der Waals surface area contributed by atoms with E-state index in [-0.39, 0.29) is 30.7 Å². The van der Waals surface area contributed by atoms with Crippen LogP contribution in [0.25, 0.3) is 11.0 Å². The van der Waals surface area contributed by atoms with Crippen LogP contribution in [0.2, 0.25) is 0 Å². The first kappa shape index (κ1) is 19.7. The van der Waals surface area contributed by atoms with Crippen molar-refractivity contribution in [3.63, 3.8) is 0 Å². The fourth-order valence-electron chi connectivity index (χ4n) is 2.73. The number of nitrogens with zero attached hydrogens (tertiary/aromatic N) is 1. The average Bonchev–Trinajstić information content (AvgIpc) is 2.96. The molecule has 2 aromatic rings. The average molecular weight is 361 g/mol. The van der Waals surface area contributed by atoms with E-state index >= 15 is 0 Å². The molecule has 1 aromatic carbocycles. The van der Waals surface area contributed by atoms with Gasteiger partial charge in [-0.05, 0) is 25.0 Å². The summed E-state index contributed by atoms with van der Waals surface area (Å²) in [5, 5.41) is 2.95. The van der Waals surface area contributed by atoms with Crippen LogP contribution in [0, 0.1) is 5.41 Å². The molecule has 1 aliphatic heterocycles. The van der Waals surface area contributed by atoms with Crippen molar-refractivity contribution in [3.05, 3.63) is 30.1 Å². The number of halogens is 2. The Morgan fingerprint density at radius 3 is 2.65 bits per heavy atom. The monoisotopic (exact) mass is 360 g/mol. The third kappa shape index (κ3) is 4.14. The number of para-hydroxylation sites is 2. The van der Waals surface area contributed by atoms with Crippen LogP contribution >= 0.6 is 24.8 Å². The normalized spacial score (nSPS) is 16.2. The van der Waals surface area contributed by atoms with Crippen molar-refractivity contribution >= 4 is 41.8 Å². The molecule has 23 heavy (non-hydrogen) atoms. The van der Waals surface area contributed by atoms with Gasteiger partial charge in [-0.3, -0.25) is 4.79 Å². The molecule has 1 aromatic heterocycles.